The van der Waals surface area contributed by atoms with Gasteiger partial charge in [0.2, 0.25) is 11.8 Å². The van der Waals surface area contributed by atoms with Crippen LogP contribution in [0.4, 0.5) is 5.69 Å². The van der Waals surface area contributed by atoms with Crippen LogP contribution in [0.3, 0.4) is 0 Å². The number of nitrogens with one attached hydrogen (secondary N) is 2. The van der Waals surface area contributed by atoms with E-state index in [0.717, 1.165) is 11.3 Å². The lowest BCUT2D eigenvalue weighted by Crippen LogP contribution is -2.24. The maximum Gasteiger partial charge on any atom is 0.248 e. The lowest BCUT2D eigenvalue weighted by Gasteiger charge is -2.07. The van der Waals surface area contributed by atoms with Gasteiger partial charge in [-0.3, -0.25) is 14.4 Å². The Bertz CT molecular complexity index is 853. The summed E-state index contributed by atoms with van der Waals surface area (Å²) in [6, 6.07) is 13.9. The van der Waals surface area contributed by atoms with Crippen molar-refractivity contribution in [2.24, 2.45) is 0 Å². The van der Waals surface area contributed by atoms with E-state index in [1.165, 1.54) is 13.0 Å². The van der Waals surface area contributed by atoms with Gasteiger partial charge in [-0.25, -0.2) is 0 Å². The van der Waals surface area contributed by atoms with E-state index < -0.39 is 5.91 Å². The van der Waals surface area contributed by atoms with E-state index in [1.807, 2.05) is 24.3 Å². The minimum absolute atomic E-state index is 0.0443. The van der Waals surface area contributed by atoms with Gasteiger partial charge in [0, 0.05) is 29.4 Å². The number of benzene rings is 2. The number of hydrogen-bond donors (Lipinski definition) is 2. The third-order valence-electron chi connectivity index (χ3n) is 3.88. The molecule has 0 aliphatic rings. The van der Waals surface area contributed by atoms with Gasteiger partial charge in [0.25, 0.3) is 0 Å². The van der Waals surface area contributed by atoms with Gasteiger partial charge < -0.3 is 15.4 Å². The molecule has 2 rings (SSSR count). The second-order valence-electron chi connectivity index (χ2n) is 5.98. The van der Waals surface area contributed by atoms with Crippen LogP contribution < -0.4 is 15.4 Å². The maximum atomic E-state index is 12.1. The number of carbonyl (C=O) groups is 3. The van der Waals surface area contributed by atoms with Crippen molar-refractivity contribution in [1.29, 1.82) is 0 Å². The van der Waals surface area contributed by atoms with Crippen molar-refractivity contribution in [3.63, 3.8) is 0 Å². The Hall–Kier alpha value is -3.41. The van der Waals surface area contributed by atoms with Crippen LogP contribution in [0.1, 0.15) is 29.8 Å². The Labute approximate surface area is 158 Å². The summed E-state index contributed by atoms with van der Waals surface area (Å²) < 4.78 is 5.09. The van der Waals surface area contributed by atoms with Crippen molar-refractivity contribution in [2.45, 2.75) is 20.4 Å². The highest BCUT2D eigenvalue weighted by Gasteiger charge is 2.08. The molecule has 2 amide bonds. The molecule has 0 radical (unpaired) electrons. The molecule has 0 aliphatic heterocycles. The minimum Gasteiger partial charge on any atom is -0.497 e. The van der Waals surface area contributed by atoms with Crippen LogP contribution in [-0.4, -0.2) is 24.7 Å². The molecule has 2 aromatic carbocycles. The number of ketones is 1. The molecule has 140 valence electrons. The lowest BCUT2D eigenvalue weighted by atomic mass is 10.1. The Balaban J connectivity index is 1.89. The van der Waals surface area contributed by atoms with Gasteiger partial charge in [0.05, 0.1) is 7.11 Å². The molecule has 0 aromatic heterocycles. The normalized spacial score (nSPS) is 10.9. The number of methoxy groups -OCH3 is 1. The summed E-state index contributed by atoms with van der Waals surface area (Å²) in [5, 5.41) is 5.42. The first kappa shape index (κ1) is 19.9. The van der Waals surface area contributed by atoms with Gasteiger partial charge in [-0.1, -0.05) is 12.1 Å². The Morgan fingerprint density at radius 3 is 2.15 bits per heavy atom. The molecule has 0 heterocycles. The molecule has 27 heavy (non-hydrogen) atoms. The van der Waals surface area contributed by atoms with Gasteiger partial charge in [-0.2, -0.15) is 0 Å². The largest absolute Gasteiger partial charge is 0.497 e. The Morgan fingerprint density at radius 2 is 1.59 bits per heavy atom. The zero-order chi connectivity index (χ0) is 19.8. The molecule has 0 saturated heterocycles. The van der Waals surface area contributed by atoms with Gasteiger partial charge in [0.1, 0.15) is 5.75 Å². The summed E-state index contributed by atoms with van der Waals surface area (Å²) in [5.41, 5.74) is 2.33. The second kappa shape index (κ2) is 9.33. The van der Waals surface area contributed by atoms with Crippen LogP contribution in [-0.2, 0) is 16.1 Å². The first-order valence-electron chi connectivity index (χ1n) is 8.40. The predicted octanol–water partition coefficient (Wildman–Crippen LogP) is 3.10. The molecule has 6 nitrogen and oxygen atoms in total. The Morgan fingerprint density at radius 1 is 0.963 bits per heavy atom. The van der Waals surface area contributed by atoms with E-state index in [0.29, 0.717) is 23.4 Å². The van der Waals surface area contributed by atoms with Crippen molar-refractivity contribution in [1.82, 2.24) is 5.32 Å². The average molecular weight is 366 g/mol. The van der Waals surface area contributed by atoms with Crippen molar-refractivity contribution in [3.05, 3.63) is 71.3 Å². The number of amides is 2. The molecule has 0 unspecified atom stereocenters. The second-order valence-corrected chi connectivity index (χ2v) is 5.98. The van der Waals surface area contributed by atoms with E-state index in [2.05, 4.69) is 10.6 Å². The zero-order valence-electron chi connectivity index (χ0n) is 15.5. The highest BCUT2D eigenvalue weighted by molar-refractivity contribution is 6.06. The third-order valence-corrected chi connectivity index (χ3v) is 3.88. The first-order valence-corrected chi connectivity index (χ1v) is 8.40. The van der Waals surface area contributed by atoms with Crippen molar-refractivity contribution in [2.75, 3.05) is 12.4 Å². The average Bonchev–Trinajstić information content (AvgIpc) is 2.66. The fourth-order valence-corrected chi connectivity index (χ4v) is 2.29. The molecular formula is C21H22N2O4. The van der Waals surface area contributed by atoms with E-state index in [9.17, 15) is 14.4 Å². The molecule has 0 bridgehead atoms. The molecule has 6 heteroatoms. The fraction of sp³-hybridized carbons (Fsp3) is 0.190. The first-order chi connectivity index (χ1) is 12.9. The SMILES string of the molecule is COc1ccc(CNC(=O)/C(C)=C\C(=O)Nc2ccc(C(C)=O)cc2)cc1. The molecular weight excluding hydrogens is 344 g/mol. The van der Waals surface area contributed by atoms with E-state index in [4.69, 9.17) is 4.74 Å². The number of rotatable bonds is 7. The van der Waals surface area contributed by atoms with Crippen LogP contribution in [0, 0.1) is 0 Å². The lowest BCUT2D eigenvalue weighted by molar-refractivity contribution is -0.118. The van der Waals surface area contributed by atoms with E-state index >= 15 is 0 Å². The number of ether oxygens (including phenoxy) is 1. The quantitative estimate of drug-likeness (QED) is 0.582. The van der Waals surface area contributed by atoms with Crippen LogP contribution in [0.25, 0.3) is 0 Å². The molecule has 0 atom stereocenters. The van der Waals surface area contributed by atoms with Gasteiger partial charge in [-0.15, -0.1) is 0 Å². The number of hydrogen-bond acceptors (Lipinski definition) is 4. The monoisotopic (exact) mass is 366 g/mol. The van der Waals surface area contributed by atoms with Crippen molar-refractivity contribution >= 4 is 23.3 Å². The van der Waals surface area contributed by atoms with Crippen LogP contribution in [0.2, 0.25) is 0 Å². The highest BCUT2D eigenvalue weighted by Crippen LogP contribution is 2.12. The van der Waals surface area contributed by atoms with Crippen LogP contribution in [0.15, 0.2) is 60.2 Å². The summed E-state index contributed by atoms with van der Waals surface area (Å²) in [4.78, 5) is 35.4. The summed E-state index contributed by atoms with van der Waals surface area (Å²) >= 11 is 0. The third kappa shape index (κ3) is 6.11. The zero-order valence-corrected chi connectivity index (χ0v) is 15.5. The van der Waals surface area contributed by atoms with E-state index in [-0.39, 0.29) is 11.7 Å². The topological polar surface area (TPSA) is 84.5 Å². The number of carbonyl (C=O) groups excluding carboxylic acids is 3. The number of Topliss-reactive ketones (excluding diaryl/α,β-unsaturated/α-hetero) is 1. The smallest absolute Gasteiger partial charge is 0.248 e. The predicted molar refractivity (Wildman–Crippen MR) is 104 cm³/mol. The molecule has 0 spiro atoms. The summed E-state index contributed by atoms with van der Waals surface area (Å²) in [7, 11) is 1.59. The summed E-state index contributed by atoms with van der Waals surface area (Å²) in [5.74, 6) is -0.0399. The molecule has 0 aliphatic carbocycles. The van der Waals surface area contributed by atoms with Crippen LogP contribution >= 0.6 is 0 Å². The minimum atomic E-state index is -0.414. The molecule has 0 fully saturated rings. The van der Waals surface area contributed by atoms with Crippen LogP contribution in [0.5, 0.6) is 5.75 Å². The van der Waals surface area contributed by atoms with Gasteiger partial charge in [-0.05, 0) is 55.8 Å². The summed E-state index contributed by atoms with van der Waals surface area (Å²) in [6.45, 7) is 3.40. The fourth-order valence-electron chi connectivity index (χ4n) is 2.29. The summed E-state index contributed by atoms with van der Waals surface area (Å²) in [6.07, 6.45) is 1.24. The standard InChI is InChI=1S/C21H22N2O4/c1-14(21(26)22-13-16-4-10-19(27-3)11-5-16)12-20(25)23-18-8-6-17(7-9-18)15(2)24/h4-12H,13H2,1-3H3,(H,22,26)(H,23,25)/b14-12-. The maximum absolute atomic E-state index is 12.1. The van der Waals surface area contributed by atoms with Gasteiger partial charge in [0.15, 0.2) is 5.78 Å². The molecule has 2 aromatic rings. The van der Waals surface area contributed by atoms with Gasteiger partial charge >= 0.3 is 0 Å². The van der Waals surface area contributed by atoms with Crippen molar-refractivity contribution in [3.8, 4) is 5.75 Å². The number of anilines is 1. The van der Waals surface area contributed by atoms with E-state index in [1.54, 1.807) is 38.3 Å². The molecule has 2 N–H and O–H groups in total. The molecule has 0 saturated carbocycles. The Kier molecular flexibility index (Phi) is 6.88. The highest BCUT2D eigenvalue weighted by atomic mass is 16.5. The van der Waals surface area contributed by atoms with Crippen molar-refractivity contribution < 1.29 is 19.1 Å².